The van der Waals surface area contributed by atoms with Crippen molar-refractivity contribution in [3.05, 3.63) is 29.8 Å². The molecule has 9 heteroatoms. The number of methoxy groups -OCH3 is 1. The smallest absolute Gasteiger partial charge is 0.337 e. The average Bonchev–Trinajstić information content (AvgIpc) is 3.33. The maximum absolute atomic E-state index is 12.0. The fourth-order valence-electron chi connectivity index (χ4n) is 2.13. The summed E-state index contributed by atoms with van der Waals surface area (Å²) in [5.41, 5.74) is 0.591. The second-order valence-corrected chi connectivity index (χ2v) is 7.46. The van der Waals surface area contributed by atoms with Gasteiger partial charge in [0.2, 0.25) is 10.0 Å². The minimum absolute atomic E-state index is 0.0571. The summed E-state index contributed by atoms with van der Waals surface area (Å²) in [6, 6.07) is 6.06. The molecule has 0 heterocycles. The van der Waals surface area contributed by atoms with Gasteiger partial charge in [0.05, 0.1) is 31.2 Å². The number of rotatable bonds is 7. The van der Waals surface area contributed by atoms with E-state index in [1.54, 1.807) is 12.1 Å². The molecule has 0 aliphatic heterocycles. The molecule has 1 aliphatic rings. The van der Waals surface area contributed by atoms with Crippen LogP contribution >= 0.6 is 0 Å². The number of carbonyl (C=O) groups excluding carboxylic acids is 2. The highest BCUT2D eigenvalue weighted by Gasteiger charge is 2.23. The standard InChI is InChI=1S/C15H21N3O5S/c1-23-14(19)11-4-3-5-13(10-11)18(24(2,21)22)9-8-16-15(20)17-12-6-7-12/h3-5,10,12H,6-9H2,1-2H3,(H2,16,17,20). The number of amides is 2. The van der Waals surface area contributed by atoms with Crippen LogP contribution < -0.4 is 14.9 Å². The molecule has 2 amide bonds. The van der Waals surface area contributed by atoms with Crippen LogP contribution in [-0.4, -0.2) is 52.9 Å². The summed E-state index contributed by atoms with van der Waals surface area (Å²) in [4.78, 5) is 23.2. The summed E-state index contributed by atoms with van der Waals surface area (Å²) in [5.74, 6) is -0.549. The molecule has 0 radical (unpaired) electrons. The Bertz CT molecular complexity index is 716. The number of anilines is 1. The van der Waals surface area contributed by atoms with Gasteiger partial charge in [0.25, 0.3) is 0 Å². The molecule has 1 fully saturated rings. The lowest BCUT2D eigenvalue weighted by Gasteiger charge is -2.23. The van der Waals surface area contributed by atoms with E-state index in [9.17, 15) is 18.0 Å². The number of nitrogens with one attached hydrogen (secondary N) is 2. The lowest BCUT2D eigenvalue weighted by molar-refractivity contribution is 0.0600. The molecular formula is C15H21N3O5S. The summed E-state index contributed by atoms with van der Waals surface area (Å²) >= 11 is 0. The van der Waals surface area contributed by atoms with Gasteiger partial charge in [-0.3, -0.25) is 4.31 Å². The molecule has 0 spiro atoms. The summed E-state index contributed by atoms with van der Waals surface area (Å²) in [7, 11) is -2.31. The summed E-state index contributed by atoms with van der Waals surface area (Å²) < 4.78 is 29.8. The number of hydrogen-bond acceptors (Lipinski definition) is 5. The fourth-order valence-corrected chi connectivity index (χ4v) is 3.05. The molecule has 1 aliphatic carbocycles. The van der Waals surface area contributed by atoms with Crippen molar-refractivity contribution in [2.45, 2.75) is 18.9 Å². The number of esters is 1. The van der Waals surface area contributed by atoms with Crippen molar-refractivity contribution in [3.8, 4) is 0 Å². The SMILES string of the molecule is COC(=O)c1cccc(N(CCNC(=O)NC2CC2)S(C)(=O)=O)c1. The number of sulfonamides is 1. The predicted molar refractivity (Wildman–Crippen MR) is 89.5 cm³/mol. The summed E-state index contributed by atoms with van der Waals surface area (Å²) in [5, 5.41) is 5.39. The minimum Gasteiger partial charge on any atom is -0.465 e. The van der Waals surface area contributed by atoms with Crippen LogP contribution in [0.5, 0.6) is 0 Å². The molecule has 1 aromatic carbocycles. The molecule has 0 bridgehead atoms. The van der Waals surface area contributed by atoms with Crippen LogP contribution in [0.15, 0.2) is 24.3 Å². The molecule has 1 aromatic rings. The van der Waals surface area contributed by atoms with Gasteiger partial charge in [-0.05, 0) is 31.0 Å². The quantitative estimate of drug-likeness (QED) is 0.701. The highest BCUT2D eigenvalue weighted by Crippen LogP contribution is 2.20. The van der Waals surface area contributed by atoms with Gasteiger partial charge in [0.15, 0.2) is 0 Å². The first-order valence-corrected chi connectivity index (χ1v) is 9.36. The number of carbonyl (C=O) groups is 2. The Kier molecular flexibility index (Phi) is 5.66. The van der Waals surface area contributed by atoms with E-state index in [-0.39, 0.29) is 30.7 Å². The summed E-state index contributed by atoms with van der Waals surface area (Å²) in [6.07, 6.45) is 3.02. The van der Waals surface area contributed by atoms with Crippen molar-refractivity contribution in [2.75, 3.05) is 30.8 Å². The van der Waals surface area contributed by atoms with E-state index >= 15 is 0 Å². The third kappa shape index (κ3) is 5.12. The van der Waals surface area contributed by atoms with Crippen molar-refractivity contribution < 1.29 is 22.7 Å². The van der Waals surface area contributed by atoms with Gasteiger partial charge < -0.3 is 15.4 Å². The average molecular weight is 355 g/mol. The predicted octanol–water partition coefficient (Wildman–Crippen LogP) is 0.701. The van der Waals surface area contributed by atoms with Crippen molar-refractivity contribution >= 4 is 27.7 Å². The molecule has 2 N–H and O–H groups in total. The van der Waals surface area contributed by atoms with Gasteiger partial charge in [-0.15, -0.1) is 0 Å². The Morgan fingerprint density at radius 2 is 2.04 bits per heavy atom. The van der Waals surface area contributed by atoms with Gasteiger partial charge in [-0.1, -0.05) is 6.07 Å². The Hall–Kier alpha value is -2.29. The second kappa shape index (κ2) is 7.52. The molecular weight excluding hydrogens is 334 g/mol. The summed E-state index contributed by atoms with van der Waals surface area (Å²) in [6.45, 7) is 0.204. The normalized spacial score (nSPS) is 13.9. The highest BCUT2D eigenvalue weighted by atomic mass is 32.2. The molecule has 0 aromatic heterocycles. The Morgan fingerprint density at radius 1 is 1.33 bits per heavy atom. The maximum atomic E-state index is 12.0. The molecule has 8 nitrogen and oxygen atoms in total. The van der Waals surface area contributed by atoms with Gasteiger partial charge >= 0.3 is 12.0 Å². The van der Waals surface area contributed by atoms with Crippen LogP contribution in [0.3, 0.4) is 0 Å². The first-order chi connectivity index (χ1) is 11.3. The van der Waals surface area contributed by atoms with E-state index in [4.69, 9.17) is 0 Å². The van der Waals surface area contributed by atoms with Crippen molar-refractivity contribution in [2.24, 2.45) is 0 Å². The van der Waals surface area contributed by atoms with Crippen molar-refractivity contribution in [3.63, 3.8) is 0 Å². The Balaban J connectivity index is 2.05. The zero-order valence-corrected chi connectivity index (χ0v) is 14.4. The van der Waals surface area contributed by atoms with E-state index in [0.29, 0.717) is 5.69 Å². The monoisotopic (exact) mass is 355 g/mol. The molecule has 0 atom stereocenters. The molecule has 132 valence electrons. The Morgan fingerprint density at radius 3 is 2.62 bits per heavy atom. The minimum atomic E-state index is -3.57. The maximum Gasteiger partial charge on any atom is 0.337 e. The van der Waals surface area contributed by atoms with Gasteiger partial charge in [0.1, 0.15) is 0 Å². The number of nitrogens with zero attached hydrogens (tertiary/aromatic N) is 1. The lowest BCUT2D eigenvalue weighted by Crippen LogP contribution is -2.42. The van der Waals surface area contributed by atoms with E-state index < -0.39 is 16.0 Å². The van der Waals surface area contributed by atoms with Crippen LogP contribution in [0.2, 0.25) is 0 Å². The number of urea groups is 1. The van der Waals surface area contributed by atoms with E-state index in [1.165, 1.54) is 19.2 Å². The van der Waals surface area contributed by atoms with E-state index in [0.717, 1.165) is 23.4 Å². The van der Waals surface area contributed by atoms with Gasteiger partial charge in [-0.25, -0.2) is 18.0 Å². The van der Waals surface area contributed by atoms with Crippen LogP contribution in [0.1, 0.15) is 23.2 Å². The number of benzene rings is 1. The number of ether oxygens (including phenoxy) is 1. The molecule has 2 rings (SSSR count). The molecule has 0 saturated heterocycles. The zero-order chi connectivity index (χ0) is 17.7. The first kappa shape index (κ1) is 18.1. The van der Waals surface area contributed by atoms with Crippen LogP contribution in [0, 0.1) is 0 Å². The molecule has 0 unspecified atom stereocenters. The van der Waals surface area contributed by atoms with Crippen LogP contribution in [-0.2, 0) is 14.8 Å². The van der Waals surface area contributed by atoms with Crippen molar-refractivity contribution in [1.29, 1.82) is 0 Å². The van der Waals surface area contributed by atoms with E-state index in [1.807, 2.05) is 0 Å². The molecule has 1 saturated carbocycles. The van der Waals surface area contributed by atoms with Crippen molar-refractivity contribution in [1.82, 2.24) is 10.6 Å². The number of hydrogen-bond donors (Lipinski definition) is 2. The zero-order valence-electron chi connectivity index (χ0n) is 13.6. The van der Waals surface area contributed by atoms with Gasteiger partial charge in [-0.2, -0.15) is 0 Å². The lowest BCUT2D eigenvalue weighted by atomic mass is 10.2. The highest BCUT2D eigenvalue weighted by molar-refractivity contribution is 7.92. The Labute approximate surface area is 141 Å². The molecule has 24 heavy (non-hydrogen) atoms. The second-order valence-electron chi connectivity index (χ2n) is 5.55. The third-order valence-electron chi connectivity index (χ3n) is 3.47. The fraction of sp³-hybridized carbons (Fsp3) is 0.467. The van der Waals surface area contributed by atoms with E-state index in [2.05, 4.69) is 15.4 Å². The van der Waals surface area contributed by atoms with Crippen LogP contribution in [0.25, 0.3) is 0 Å². The van der Waals surface area contributed by atoms with Gasteiger partial charge in [0, 0.05) is 12.6 Å². The largest absolute Gasteiger partial charge is 0.465 e. The first-order valence-electron chi connectivity index (χ1n) is 7.51. The van der Waals surface area contributed by atoms with Crippen LogP contribution in [0.4, 0.5) is 10.5 Å². The third-order valence-corrected chi connectivity index (χ3v) is 4.66. The topological polar surface area (TPSA) is 105 Å².